The van der Waals surface area contributed by atoms with Crippen LogP contribution in [0.5, 0.6) is 0 Å². The third kappa shape index (κ3) is 4.27. The zero-order valence-corrected chi connectivity index (χ0v) is 9.05. The van der Waals surface area contributed by atoms with Crippen LogP contribution < -0.4 is 5.73 Å². The van der Waals surface area contributed by atoms with E-state index in [1.54, 1.807) is 13.8 Å². The molecule has 0 unspecified atom stereocenters. The van der Waals surface area contributed by atoms with Gasteiger partial charge in [-0.2, -0.15) is 0 Å². The van der Waals surface area contributed by atoms with Gasteiger partial charge in [0.15, 0.2) is 0 Å². The fraction of sp³-hybridized carbons (Fsp3) is 0.900. The molecule has 0 spiro atoms. The van der Waals surface area contributed by atoms with E-state index < -0.39 is 11.4 Å². The Balaban J connectivity index is 4.09. The summed E-state index contributed by atoms with van der Waals surface area (Å²) in [6.07, 6.45) is 1.52. The summed E-state index contributed by atoms with van der Waals surface area (Å²) in [6.45, 7) is 8.22. The summed E-state index contributed by atoms with van der Waals surface area (Å²) in [7, 11) is 0. The molecule has 0 aromatic heterocycles. The first kappa shape index (κ1) is 12.4. The van der Waals surface area contributed by atoms with Crippen LogP contribution in [0.25, 0.3) is 0 Å². The lowest BCUT2D eigenvalue weighted by molar-refractivity contribution is -0.147. The molecule has 0 amide bonds. The van der Waals surface area contributed by atoms with Crippen LogP contribution in [0.1, 0.15) is 40.5 Å². The zero-order valence-electron chi connectivity index (χ0n) is 9.05. The SMILES string of the molecule is CC(C)(CN)CCC(C)(C)C(=O)O. The molecular formula is C10H21NO2. The van der Waals surface area contributed by atoms with E-state index in [0.29, 0.717) is 13.0 Å². The molecule has 0 aromatic carbocycles. The Labute approximate surface area is 80.3 Å². The second kappa shape index (κ2) is 4.09. The number of carboxylic acid groups (broad SMARTS) is 1. The monoisotopic (exact) mass is 187 g/mol. The van der Waals surface area contributed by atoms with Crippen molar-refractivity contribution < 1.29 is 9.90 Å². The van der Waals surface area contributed by atoms with Gasteiger partial charge in [-0.3, -0.25) is 4.79 Å². The van der Waals surface area contributed by atoms with E-state index in [2.05, 4.69) is 13.8 Å². The van der Waals surface area contributed by atoms with Crippen LogP contribution in [0, 0.1) is 10.8 Å². The molecule has 0 rings (SSSR count). The third-order valence-corrected chi connectivity index (χ3v) is 2.56. The molecule has 0 radical (unpaired) electrons. The summed E-state index contributed by atoms with van der Waals surface area (Å²) in [5.74, 6) is -0.736. The molecule has 3 N–H and O–H groups in total. The Hall–Kier alpha value is -0.570. The molecule has 0 aromatic rings. The number of aliphatic carboxylic acids is 1. The van der Waals surface area contributed by atoms with Crippen molar-refractivity contribution in [2.75, 3.05) is 6.54 Å². The molecule has 0 heterocycles. The predicted octanol–water partition coefficient (Wildman–Crippen LogP) is 1.86. The maximum Gasteiger partial charge on any atom is 0.309 e. The van der Waals surface area contributed by atoms with Gasteiger partial charge in [0.2, 0.25) is 0 Å². The van der Waals surface area contributed by atoms with E-state index >= 15 is 0 Å². The summed E-state index contributed by atoms with van der Waals surface area (Å²) in [4.78, 5) is 10.8. The van der Waals surface area contributed by atoms with Crippen molar-refractivity contribution >= 4 is 5.97 Å². The number of carboxylic acids is 1. The second-order valence-corrected chi connectivity index (χ2v) is 5.06. The number of rotatable bonds is 5. The quantitative estimate of drug-likeness (QED) is 0.690. The highest BCUT2D eigenvalue weighted by Gasteiger charge is 2.29. The first-order chi connectivity index (χ1) is 5.71. The van der Waals surface area contributed by atoms with Crippen LogP contribution in [0.4, 0.5) is 0 Å². The summed E-state index contributed by atoms with van der Waals surface area (Å²) in [5, 5.41) is 8.88. The summed E-state index contributed by atoms with van der Waals surface area (Å²) < 4.78 is 0. The summed E-state index contributed by atoms with van der Waals surface area (Å²) in [5.41, 5.74) is 4.98. The minimum absolute atomic E-state index is 0.0483. The van der Waals surface area contributed by atoms with Crippen molar-refractivity contribution in [3.05, 3.63) is 0 Å². The van der Waals surface area contributed by atoms with Crippen LogP contribution in [0.3, 0.4) is 0 Å². The van der Waals surface area contributed by atoms with Crippen molar-refractivity contribution in [3.63, 3.8) is 0 Å². The van der Waals surface area contributed by atoms with Gasteiger partial charge in [0.1, 0.15) is 0 Å². The van der Waals surface area contributed by atoms with Crippen molar-refractivity contribution in [1.29, 1.82) is 0 Å². The Morgan fingerprint density at radius 1 is 1.23 bits per heavy atom. The van der Waals surface area contributed by atoms with Crippen molar-refractivity contribution in [3.8, 4) is 0 Å². The molecule has 0 aliphatic heterocycles. The molecule has 0 aliphatic rings. The van der Waals surface area contributed by atoms with Crippen LogP contribution >= 0.6 is 0 Å². The zero-order chi connectivity index (χ0) is 10.7. The largest absolute Gasteiger partial charge is 0.481 e. The summed E-state index contributed by atoms with van der Waals surface area (Å²) >= 11 is 0. The Bertz CT molecular complexity index is 185. The first-order valence-electron chi connectivity index (χ1n) is 4.65. The van der Waals surface area contributed by atoms with Gasteiger partial charge in [0.05, 0.1) is 5.41 Å². The lowest BCUT2D eigenvalue weighted by Crippen LogP contribution is -2.29. The number of carbonyl (C=O) groups is 1. The summed E-state index contributed by atoms with van der Waals surface area (Å²) in [6, 6.07) is 0. The average molecular weight is 187 g/mol. The van der Waals surface area contributed by atoms with Gasteiger partial charge in [0.25, 0.3) is 0 Å². The van der Waals surface area contributed by atoms with E-state index in [4.69, 9.17) is 10.8 Å². The number of hydrogen-bond donors (Lipinski definition) is 2. The van der Waals surface area contributed by atoms with Gasteiger partial charge >= 0.3 is 5.97 Å². The molecule has 3 nitrogen and oxygen atoms in total. The Morgan fingerprint density at radius 3 is 2.00 bits per heavy atom. The molecule has 13 heavy (non-hydrogen) atoms. The minimum atomic E-state index is -0.736. The standard InChI is InChI=1S/C10H21NO2/c1-9(2,7-11)5-6-10(3,4)8(12)13/h5-7,11H2,1-4H3,(H,12,13). The highest BCUT2D eigenvalue weighted by atomic mass is 16.4. The normalized spacial score (nSPS) is 13.0. The van der Waals surface area contributed by atoms with Crippen LogP contribution in [0.15, 0.2) is 0 Å². The molecule has 0 saturated carbocycles. The van der Waals surface area contributed by atoms with E-state index in [-0.39, 0.29) is 5.41 Å². The number of nitrogens with two attached hydrogens (primary N) is 1. The van der Waals surface area contributed by atoms with E-state index in [9.17, 15) is 4.79 Å². The lowest BCUT2D eigenvalue weighted by atomic mass is 9.79. The third-order valence-electron chi connectivity index (χ3n) is 2.56. The van der Waals surface area contributed by atoms with E-state index in [1.807, 2.05) is 0 Å². The Morgan fingerprint density at radius 2 is 1.69 bits per heavy atom. The topological polar surface area (TPSA) is 63.3 Å². The van der Waals surface area contributed by atoms with Crippen molar-refractivity contribution in [2.24, 2.45) is 16.6 Å². The first-order valence-corrected chi connectivity index (χ1v) is 4.65. The maximum atomic E-state index is 10.8. The molecule has 0 aliphatic carbocycles. The van der Waals surface area contributed by atoms with Crippen LogP contribution in [-0.4, -0.2) is 17.6 Å². The number of hydrogen-bond acceptors (Lipinski definition) is 2. The molecule has 3 heteroatoms. The van der Waals surface area contributed by atoms with Gasteiger partial charge in [-0.05, 0) is 38.6 Å². The smallest absolute Gasteiger partial charge is 0.309 e. The molecule has 0 fully saturated rings. The minimum Gasteiger partial charge on any atom is -0.481 e. The lowest BCUT2D eigenvalue weighted by Gasteiger charge is -2.27. The molecule has 0 saturated heterocycles. The van der Waals surface area contributed by atoms with Gasteiger partial charge in [-0.1, -0.05) is 13.8 Å². The second-order valence-electron chi connectivity index (χ2n) is 5.06. The van der Waals surface area contributed by atoms with Gasteiger partial charge in [-0.25, -0.2) is 0 Å². The van der Waals surface area contributed by atoms with Crippen LogP contribution in [0.2, 0.25) is 0 Å². The molecular weight excluding hydrogens is 166 g/mol. The van der Waals surface area contributed by atoms with E-state index in [0.717, 1.165) is 6.42 Å². The highest BCUT2D eigenvalue weighted by Crippen LogP contribution is 2.30. The Kier molecular flexibility index (Phi) is 3.91. The molecule has 0 bridgehead atoms. The van der Waals surface area contributed by atoms with E-state index in [1.165, 1.54) is 0 Å². The van der Waals surface area contributed by atoms with Crippen molar-refractivity contribution in [2.45, 2.75) is 40.5 Å². The maximum absolute atomic E-state index is 10.8. The average Bonchev–Trinajstić information content (AvgIpc) is 2.01. The molecule has 0 atom stereocenters. The highest BCUT2D eigenvalue weighted by molar-refractivity contribution is 5.73. The molecule has 78 valence electrons. The van der Waals surface area contributed by atoms with Crippen LogP contribution in [-0.2, 0) is 4.79 Å². The van der Waals surface area contributed by atoms with Gasteiger partial charge in [-0.15, -0.1) is 0 Å². The fourth-order valence-electron chi connectivity index (χ4n) is 0.860. The fourth-order valence-corrected chi connectivity index (χ4v) is 0.860. The van der Waals surface area contributed by atoms with Gasteiger partial charge in [0, 0.05) is 0 Å². The predicted molar refractivity (Wildman–Crippen MR) is 53.5 cm³/mol. The van der Waals surface area contributed by atoms with Crippen molar-refractivity contribution in [1.82, 2.24) is 0 Å². The van der Waals surface area contributed by atoms with Gasteiger partial charge < -0.3 is 10.8 Å².